The smallest absolute Gasteiger partial charge is 0.206 e. The van der Waals surface area contributed by atoms with Crippen molar-refractivity contribution in [1.82, 2.24) is 24.3 Å². The fourth-order valence-electron chi connectivity index (χ4n) is 2.71. The molecule has 0 aliphatic heterocycles. The van der Waals surface area contributed by atoms with Gasteiger partial charge in [-0.2, -0.15) is 0 Å². The molecule has 4 aromatic heterocycles. The van der Waals surface area contributed by atoms with Gasteiger partial charge in [0.25, 0.3) is 0 Å². The van der Waals surface area contributed by atoms with Crippen LogP contribution < -0.4 is 11.5 Å². The topological polar surface area (TPSA) is 108 Å². The zero-order valence-corrected chi connectivity index (χ0v) is 14.3. The lowest BCUT2D eigenvalue weighted by molar-refractivity contribution is 0.977. The number of rotatable bonds is 2. The summed E-state index contributed by atoms with van der Waals surface area (Å²) in [5.74, 6) is 0.357. The highest BCUT2D eigenvalue weighted by atomic mass is 35.5. The Labute approximate surface area is 147 Å². The molecule has 0 saturated heterocycles. The van der Waals surface area contributed by atoms with E-state index in [9.17, 15) is 0 Å². The Morgan fingerprint density at radius 1 is 1.00 bits per heavy atom. The molecule has 4 aromatic rings. The van der Waals surface area contributed by atoms with Crippen LogP contribution in [0.1, 0.15) is 0 Å². The fourth-order valence-corrected chi connectivity index (χ4v) is 3.07. The highest BCUT2D eigenvalue weighted by Crippen LogP contribution is 2.37. The van der Waals surface area contributed by atoms with Gasteiger partial charge in [0.2, 0.25) is 5.95 Å². The number of hydrogen-bond donors (Lipinski definition) is 2. The summed E-state index contributed by atoms with van der Waals surface area (Å²) in [6.45, 7) is 0. The van der Waals surface area contributed by atoms with Gasteiger partial charge in [0.15, 0.2) is 5.16 Å². The van der Waals surface area contributed by atoms with Crippen molar-refractivity contribution in [3.05, 3.63) is 36.8 Å². The standard InChI is InChI=1S/C15H13N7S.ClH/c1-23-15-20-6-3-9(21-15)12-10-4-7-19-14(17)22(10)13-11(12)8(16)2-5-18-13;/h2-7H,1H3,(H2,16,18)(H2,17,19);1H. The number of halogens is 1. The van der Waals surface area contributed by atoms with E-state index in [0.29, 0.717) is 22.4 Å². The number of hydrogen-bond acceptors (Lipinski definition) is 7. The average molecular weight is 360 g/mol. The second-order valence-electron chi connectivity index (χ2n) is 4.93. The summed E-state index contributed by atoms with van der Waals surface area (Å²) in [6.07, 6.45) is 7.00. The number of nitrogen functional groups attached to an aromatic ring is 2. The van der Waals surface area contributed by atoms with Gasteiger partial charge in [0.1, 0.15) is 5.65 Å². The highest BCUT2D eigenvalue weighted by Gasteiger charge is 2.19. The van der Waals surface area contributed by atoms with Crippen molar-refractivity contribution in [2.75, 3.05) is 17.7 Å². The first-order chi connectivity index (χ1) is 11.2. The van der Waals surface area contributed by atoms with Gasteiger partial charge in [0, 0.05) is 29.8 Å². The van der Waals surface area contributed by atoms with Gasteiger partial charge in [-0.15, -0.1) is 12.4 Å². The molecule has 7 nitrogen and oxygen atoms in total. The van der Waals surface area contributed by atoms with E-state index in [1.165, 1.54) is 11.8 Å². The van der Waals surface area contributed by atoms with Crippen molar-refractivity contribution in [2.45, 2.75) is 5.16 Å². The lowest BCUT2D eigenvalue weighted by atomic mass is 10.1. The number of nitrogens with zero attached hydrogens (tertiary/aromatic N) is 5. The van der Waals surface area contributed by atoms with E-state index in [4.69, 9.17) is 11.5 Å². The number of pyridine rings is 1. The number of nitrogens with two attached hydrogens (primary N) is 2. The van der Waals surface area contributed by atoms with Crippen LogP contribution >= 0.6 is 24.2 Å². The molecule has 0 unspecified atom stereocenters. The Kier molecular flexibility index (Phi) is 4.16. The van der Waals surface area contributed by atoms with E-state index < -0.39 is 0 Å². The molecule has 122 valence electrons. The molecule has 24 heavy (non-hydrogen) atoms. The van der Waals surface area contributed by atoms with E-state index in [1.54, 1.807) is 29.1 Å². The van der Waals surface area contributed by atoms with Gasteiger partial charge >= 0.3 is 0 Å². The first-order valence-corrected chi connectivity index (χ1v) is 8.09. The molecule has 0 aliphatic rings. The maximum atomic E-state index is 6.22. The minimum absolute atomic E-state index is 0. The predicted molar refractivity (Wildman–Crippen MR) is 99.4 cm³/mol. The summed E-state index contributed by atoms with van der Waals surface area (Å²) >= 11 is 1.49. The second kappa shape index (κ2) is 6.14. The molecular weight excluding hydrogens is 346 g/mol. The van der Waals surface area contributed by atoms with Crippen LogP contribution in [0.4, 0.5) is 11.6 Å². The summed E-state index contributed by atoms with van der Waals surface area (Å²) < 4.78 is 1.79. The van der Waals surface area contributed by atoms with Gasteiger partial charge < -0.3 is 11.5 Å². The van der Waals surface area contributed by atoms with Crippen LogP contribution in [0.2, 0.25) is 0 Å². The summed E-state index contributed by atoms with van der Waals surface area (Å²) in [4.78, 5) is 17.4. The molecule has 0 bridgehead atoms. The zero-order valence-electron chi connectivity index (χ0n) is 12.7. The Morgan fingerprint density at radius 2 is 1.75 bits per heavy atom. The van der Waals surface area contributed by atoms with E-state index in [2.05, 4.69) is 19.9 Å². The molecule has 0 saturated carbocycles. The molecule has 4 heterocycles. The third-order valence-corrected chi connectivity index (χ3v) is 4.22. The van der Waals surface area contributed by atoms with Crippen LogP contribution in [0, 0.1) is 0 Å². The highest BCUT2D eigenvalue weighted by molar-refractivity contribution is 7.98. The van der Waals surface area contributed by atoms with E-state index >= 15 is 0 Å². The quantitative estimate of drug-likeness (QED) is 0.418. The van der Waals surface area contributed by atoms with Crippen molar-refractivity contribution >= 4 is 52.4 Å². The van der Waals surface area contributed by atoms with Gasteiger partial charge in [-0.25, -0.2) is 19.9 Å². The van der Waals surface area contributed by atoms with Crippen LogP contribution in [-0.4, -0.2) is 30.6 Å². The van der Waals surface area contributed by atoms with E-state index in [1.807, 2.05) is 18.4 Å². The lowest BCUT2D eigenvalue weighted by Gasteiger charge is -2.03. The minimum Gasteiger partial charge on any atom is -0.398 e. The maximum absolute atomic E-state index is 6.22. The SMILES string of the molecule is CSc1nccc(-c2c3c(N)ccnc3n3c(N)nccc23)n1.Cl. The molecular formula is C15H14ClN7S. The van der Waals surface area contributed by atoms with Gasteiger partial charge in [-0.1, -0.05) is 11.8 Å². The first-order valence-electron chi connectivity index (χ1n) is 6.87. The van der Waals surface area contributed by atoms with Crippen molar-refractivity contribution in [2.24, 2.45) is 0 Å². The van der Waals surface area contributed by atoms with E-state index in [-0.39, 0.29) is 12.4 Å². The Balaban J connectivity index is 0.00000169. The van der Waals surface area contributed by atoms with Gasteiger partial charge in [0.05, 0.1) is 16.6 Å². The maximum Gasteiger partial charge on any atom is 0.206 e. The van der Waals surface area contributed by atoms with Crippen molar-refractivity contribution < 1.29 is 0 Å². The fraction of sp³-hybridized carbons (Fsp3) is 0.0667. The third kappa shape index (κ3) is 2.31. The molecule has 0 aromatic carbocycles. The number of fused-ring (bicyclic) bond motifs is 3. The van der Waals surface area contributed by atoms with Crippen LogP contribution in [0.15, 0.2) is 41.9 Å². The molecule has 0 atom stereocenters. The molecule has 4 N–H and O–H groups in total. The Bertz CT molecular complexity index is 1050. The number of thioether (sulfide) groups is 1. The Morgan fingerprint density at radius 3 is 2.54 bits per heavy atom. The average Bonchev–Trinajstić information content (AvgIpc) is 2.92. The normalized spacial score (nSPS) is 10.9. The summed E-state index contributed by atoms with van der Waals surface area (Å²) in [5, 5.41) is 1.51. The predicted octanol–water partition coefficient (Wildman–Crippen LogP) is 2.65. The van der Waals surface area contributed by atoms with Crippen LogP contribution in [-0.2, 0) is 0 Å². The summed E-state index contributed by atoms with van der Waals surface area (Å²) in [7, 11) is 0. The number of anilines is 2. The number of aromatic nitrogens is 5. The van der Waals surface area contributed by atoms with Gasteiger partial charge in [-0.3, -0.25) is 4.40 Å². The molecule has 0 amide bonds. The largest absolute Gasteiger partial charge is 0.398 e. The van der Waals surface area contributed by atoms with Crippen molar-refractivity contribution in [3.8, 4) is 11.3 Å². The molecule has 0 spiro atoms. The van der Waals surface area contributed by atoms with Crippen LogP contribution in [0.5, 0.6) is 0 Å². The molecule has 0 radical (unpaired) electrons. The van der Waals surface area contributed by atoms with E-state index in [0.717, 1.165) is 22.2 Å². The summed E-state index contributed by atoms with van der Waals surface area (Å²) in [5.41, 5.74) is 16.1. The Hall–Kier alpha value is -2.58. The lowest BCUT2D eigenvalue weighted by Crippen LogP contribution is -2.00. The molecule has 9 heteroatoms. The third-order valence-electron chi connectivity index (χ3n) is 3.66. The van der Waals surface area contributed by atoms with Crippen LogP contribution in [0.3, 0.4) is 0 Å². The molecule has 0 aliphatic carbocycles. The van der Waals surface area contributed by atoms with Crippen molar-refractivity contribution in [3.63, 3.8) is 0 Å². The van der Waals surface area contributed by atoms with Gasteiger partial charge in [-0.05, 0) is 24.5 Å². The van der Waals surface area contributed by atoms with Crippen LogP contribution in [0.25, 0.3) is 27.8 Å². The second-order valence-corrected chi connectivity index (χ2v) is 5.70. The zero-order chi connectivity index (χ0) is 16.0. The van der Waals surface area contributed by atoms with Crippen molar-refractivity contribution in [1.29, 1.82) is 0 Å². The molecule has 4 rings (SSSR count). The molecule has 0 fully saturated rings. The minimum atomic E-state index is 0. The first kappa shape index (κ1) is 16.3. The monoisotopic (exact) mass is 359 g/mol. The summed E-state index contributed by atoms with van der Waals surface area (Å²) in [6, 6.07) is 5.51.